The van der Waals surface area contributed by atoms with Crippen LogP contribution in [0.3, 0.4) is 0 Å². The molecular formula is C21H21N3O3. The number of nitro benzene ring substituents is 1. The summed E-state index contributed by atoms with van der Waals surface area (Å²) in [5.41, 5.74) is 1.50. The number of para-hydroxylation sites is 2. The van der Waals surface area contributed by atoms with Gasteiger partial charge in [0.15, 0.2) is 0 Å². The van der Waals surface area contributed by atoms with Gasteiger partial charge in [-0.15, -0.1) is 0 Å². The van der Waals surface area contributed by atoms with Crippen molar-refractivity contribution in [1.29, 1.82) is 0 Å². The molecule has 138 valence electrons. The summed E-state index contributed by atoms with van der Waals surface area (Å²) >= 11 is 0. The maximum absolute atomic E-state index is 12.4. The van der Waals surface area contributed by atoms with Gasteiger partial charge in [0.25, 0.3) is 5.69 Å². The Bertz CT molecular complexity index is 972. The third kappa shape index (κ3) is 4.61. The molecule has 3 aromatic carbocycles. The Balaban J connectivity index is 1.55. The summed E-state index contributed by atoms with van der Waals surface area (Å²) in [6, 6.07) is 20.7. The molecule has 3 rings (SSSR count). The molecule has 0 unspecified atom stereocenters. The van der Waals surface area contributed by atoms with E-state index in [1.54, 1.807) is 30.1 Å². The molecule has 6 nitrogen and oxygen atoms in total. The Morgan fingerprint density at radius 1 is 1.04 bits per heavy atom. The molecule has 1 amide bonds. The van der Waals surface area contributed by atoms with Gasteiger partial charge in [0, 0.05) is 32.6 Å². The van der Waals surface area contributed by atoms with Crippen molar-refractivity contribution in [3.05, 3.63) is 82.4 Å². The van der Waals surface area contributed by atoms with E-state index < -0.39 is 4.92 Å². The summed E-state index contributed by atoms with van der Waals surface area (Å²) in [6.07, 6.45) is 0.260. The Morgan fingerprint density at radius 3 is 2.52 bits per heavy atom. The zero-order chi connectivity index (χ0) is 19.2. The lowest BCUT2D eigenvalue weighted by molar-refractivity contribution is -0.384. The van der Waals surface area contributed by atoms with E-state index in [1.165, 1.54) is 11.5 Å². The second-order valence-electron chi connectivity index (χ2n) is 6.38. The van der Waals surface area contributed by atoms with E-state index in [4.69, 9.17) is 0 Å². The number of amides is 1. The number of carbonyl (C=O) groups is 1. The third-order valence-corrected chi connectivity index (χ3v) is 4.41. The van der Waals surface area contributed by atoms with E-state index in [-0.39, 0.29) is 18.0 Å². The fourth-order valence-electron chi connectivity index (χ4n) is 2.98. The van der Waals surface area contributed by atoms with Crippen LogP contribution in [0.1, 0.15) is 12.0 Å². The summed E-state index contributed by atoms with van der Waals surface area (Å²) in [5, 5.41) is 16.3. The number of benzene rings is 3. The molecule has 0 spiro atoms. The lowest BCUT2D eigenvalue weighted by Gasteiger charge is -2.18. The first-order valence-electron chi connectivity index (χ1n) is 8.73. The lowest BCUT2D eigenvalue weighted by Crippen LogP contribution is -2.27. The van der Waals surface area contributed by atoms with Crippen molar-refractivity contribution in [2.75, 3.05) is 18.9 Å². The van der Waals surface area contributed by atoms with E-state index in [1.807, 2.05) is 18.2 Å². The number of fused-ring (bicyclic) bond motifs is 1. The van der Waals surface area contributed by atoms with Crippen LogP contribution < -0.4 is 5.32 Å². The molecule has 0 aromatic heterocycles. The zero-order valence-electron chi connectivity index (χ0n) is 15.1. The maximum atomic E-state index is 12.4. The predicted octanol–water partition coefficient (Wildman–Crippen LogP) is 4.21. The van der Waals surface area contributed by atoms with E-state index >= 15 is 0 Å². The van der Waals surface area contributed by atoms with Crippen molar-refractivity contribution in [1.82, 2.24) is 4.90 Å². The van der Waals surface area contributed by atoms with Crippen LogP contribution in [0.5, 0.6) is 0 Å². The largest absolute Gasteiger partial charge is 0.379 e. The molecule has 1 N–H and O–H groups in total. The topological polar surface area (TPSA) is 75.5 Å². The molecule has 0 aliphatic carbocycles. The van der Waals surface area contributed by atoms with Crippen LogP contribution in [0.25, 0.3) is 10.8 Å². The lowest BCUT2D eigenvalue weighted by atomic mass is 10.1. The summed E-state index contributed by atoms with van der Waals surface area (Å²) in [7, 11) is 1.77. The first-order valence-corrected chi connectivity index (χ1v) is 8.73. The van der Waals surface area contributed by atoms with E-state index in [0.29, 0.717) is 18.8 Å². The van der Waals surface area contributed by atoms with Crippen LogP contribution in [0.15, 0.2) is 66.7 Å². The highest BCUT2D eigenvalue weighted by Crippen LogP contribution is 2.23. The first-order chi connectivity index (χ1) is 13.0. The van der Waals surface area contributed by atoms with E-state index in [2.05, 4.69) is 29.6 Å². The summed E-state index contributed by atoms with van der Waals surface area (Å²) in [6.45, 7) is 0.862. The van der Waals surface area contributed by atoms with Crippen LogP contribution in [0.4, 0.5) is 11.4 Å². The highest BCUT2D eigenvalue weighted by Gasteiger charge is 2.13. The molecule has 0 fully saturated rings. The first kappa shape index (κ1) is 18.4. The zero-order valence-corrected chi connectivity index (χ0v) is 15.1. The van der Waals surface area contributed by atoms with Crippen molar-refractivity contribution >= 4 is 28.1 Å². The second kappa shape index (κ2) is 8.31. The van der Waals surface area contributed by atoms with Crippen molar-refractivity contribution in [3.8, 4) is 0 Å². The molecule has 0 aliphatic heterocycles. The van der Waals surface area contributed by atoms with Gasteiger partial charge in [0.05, 0.1) is 4.92 Å². The average molecular weight is 363 g/mol. The van der Waals surface area contributed by atoms with Gasteiger partial charge in [-0.2, -0.15) is 0 Å². The Hall–Kier alpha value is -3.41. The number of rotatable bonds is 7. The smallest absolute Gasteiger partial charge is 0.292 e. The number of hydrogen-bond acceptors (Lipinski definition) is 4. The fourth-order valence-corrected chi connectivity index (χ4v) is 2.98. The van der Waals surface area contributed by atoms with Crippen LogP contribution in [0, 0.1) is 10.1 Å². The minimum atomic E-state index is -0.435. The summed E-state index contributed by atoms with van der Waals surface area (Å²) in [4.78, 5) is 24.6. The minimum absolute atomic E-state index is 0.00877. The molecule has 27 heavy (non-hydrogen) atoms. The fraction of sp³-hybridized carbons (Fsp3) is 0.190. The number of anilines is 1. The SMILES string of the molecule is CN(Cc1ccc2ccccc2c1)C(=O)CCNc1ccccc1[N+](=O)[O-]. The summed E-state index contributed by atoms with van der Waals surface area (Å²) < 4.78 is 0. The maximum Gasteiger partial charge on any atom is 0.292 e. The number of nitro groups is 1. The van der Waals surface area contributed by atoms with Crippen LogP contribution >= 0.6 is 0 Å². The number of nitrogens with zero attached hydrogens (tertiary/aromatic N) is 2. The predicted molar refractivity (Wildman–Crippen MR) is 107 cm³/mol. The molecule has 0 radical (unpaired) electrons. The standard InChI is InChI=1S/C21H21N3O3/c1-23(15-16-10-11-17-6-2-3-7-18(17)14-16)21(25)12-13-22-19-8-4-5-9-20(19)24(26)27/h2-11,14,22H,12-13,15H2,1H3. The Morgan fingerprint density at radius 2 is 1.74 bits per heavy atom. The average Bonchev–Trinajstić information content (AvgIpc) is 2.68. The molecule has 6 heteroatoms. The Kier molecular flexibility index (Phi) is 5.66. The van der Waals surface area contributed by atoms with Crippen molar-refractivity contribution in [2.24, 2.45) is 0 Å². The van der Waals surface area contributed by atoms with Crippen molar-refractivity contribution in [3.63, 3.8) is 0 Å². The molecule has 0 saturated heterocycles. The number of hydrogen-bond donors (Lipinski definition) is 1. The van der Waals surface area contributed by atoms with E-state index in [9.17, 15) is 14.9 Å². The number of nitrogens with one attached hydrogen (secondary N) is 1. The quantitative estimate of drug-likeness (QED) is 0.504. The van der Waals surface area contributed by atoms with Crippen LogP contribution in [-0.2, 0) is 11.3 Å². The van der Waals surface area contributed by atoms with Crippen molar-refractivity contribution < 1.29 is 9.72 Å². The van der Waals surface area contributed by atoms with Gasteiger partial charge in [0.1, 0.15) is 5.69 Å². The van der Waals surface area contributed by atoms with Crippen LogP contribution in [-0.4, -0.2) is 29.3 Å². The molecule has 0 aliphatic rings. The van der Waals surface area contributed by atoms with Crippen LogP contribution in [0.2, 0.25) is 0 Å². The van der Waals surface area contributed by atoms with E-state index in [0.717, 1.165) is 10.9 Å². The van der Waals surface area contributed by atoms with Crippen molar-refractivity contribution in [2.45, 2.75) is 13.0 Å². The van der Waals surface area contributed by atoms with Gasteiger partial charge in [-0.3, -0.25) is 14.9 Å². The molecule has 0 heterocycles. The van der Waals surface area contributed by atoms with Gasteiger partial charge in [-0.25, -0.2) is 0 Å². The van der Waals surface area contributed by atoms with Gasteiger partial charge < -0.3 is 10.2 Å². The van der Waals surface area contributed by atoms with Gasteiger partial charge >= 0.3 is 0 Å². The molecule has 0 saturated carbocycles. The molecule has 3 aromatic rings. The number of carbonyl (C=O) groups excluding carboxylic acids is 1. The molecule has 0 atom stereocenters. The monoisotopic (exact) mass is 363 g/mol. The summed E-state index contributed by atoms with van der Waals surface area (Å²) in [5.74, 6) is -0.0192. The third-order valence-electron chi connectivity index (χ3n) is 4.41. The van der Waals surface area contributed by atoms with Gasteiger partial charge in [0.2, 0.25) is 5.91 Å². The second-order valence-corrected chi connectivity index (χ2v) is 6.38. The highest BCUT2D eigenvalue weighted by atomic mass is 16.6. The molecule has 0 bridgehead atoms. The van der Waals surface area contributed by atoms with Gasteiger partial charge in [-0.1, -0.05) is 48.5 Å². The highest BCUT2D eigenvalue weighted by molar-refractivity contribution is 5.83. The minimum Gasteiger partial charge on any atom is -0.379 e. The molecular weight excluding hydrogens is 342 g/mol. The van der Waals surface area contributed by atoms with Gasteiger partial charge in [-0.05, 0) is 28.5 Å². The Labute approximate surface area is 157 Å². The normalized spacial score (nSPS) is 10.6.